The fourth-order valence-corrected chi connectivity index (χ4v) is 3.95. The molecule has 1 aromatic heterocycles. The van der Waals surface area contributed by atoms with Crippen LogP contribution in [0.5, 0.6) is 0 Å². The van der Waals surface area contributed by atoms with Crippen molar-refractivity contribution >= 4 is 17.6 Å². The lowest BCUT2D eigenvalue weighted by molar-refractivity contribution is 0.415. The Bertz CT molecular complexity index is 935. The average molecular weight is 380 g/mol. The predicted octanol–water partition coefficient (Wildman–Crippen LogP) is 5.45. The number of halogens is 1. The summed E-state index contributed by atoms with van der Waals surface area (Å²) in [5, 5.41) is 0. The highest BCUT2D eigenvalue weighted by Gasteiger charge is 2.25. The number of nitrogens with zero attached hydrogens (tertiary/aromatic N) is 2. The number of hydrogen-bond acceptors (Lipinski definition) is 4. The summed E-state index contributed by atoms with van der Waals surface area (Å²) in [4.78, 5) is 9.53. The zero-order chi connectivity index (χ0) is 18.8. The fraction of sp³-hybridized carbons (Fsp3) is 0.273. The first-order valence-corrected chi connectivity index (χ1v) is 10.4. The van der Waals surface area contributed by atoms with E-state index in [2.05, 4.69) is 46.6 Å². The van der Waals surface area contributed by atoms with Crippen LogP contribution in [0, 0.1) is 5.82 Å². The van der Waals surface area contributed by atoms with Crippen molar-refractivity contribution in [2.45, 2.75) is 36.5 Å². The molecule has 1 fully saturated rings. The molecule has 27 heavy (non-hydrogen) atoms. The van der Waals surface area contributed by atoms with Crippen LogP contribution in [0.1, 0.15) is 41.9 Å². The minimum atomic E-state index is -0.188. The summed E-state index contributed by atoms with van der Waals surface area (Å²) in [6.07, 6.45) is 9.14. The van der Waals surface area contributed by atoms with Gasteiger partial charge in [0.05, 0.1) is 18.1 Å². The monoisotopic (exact) mass is 379 g/mol. The zero-order valence-corrected chi connectivity index (χ0v) is 16.1. The first-order chi connectivity index (χ1) is 13.2. The van der Waals surface area contributed by atoms with E-state index in [0.29, 0.717) is 29.4 Å². The molecule has 2 aromatic carbocycles. The molecule has 5 heteroatoms. The van der Waals surface area contributed by atoms with E-state index < -0.39 is 0 Å². The van der Waals surface area contributed by atoms with E-state index in [-0.39, 0.29) is 5.82 Å². The van der Waals surface area contributed by atoms with Gasteiger partial charge in [-0.3, -0.25) is 4.98 Å². The van der Waals surface area contributed by atoms with Crippen LogP contribution < -0.4 is 5.73 Å². The molecule has 1 heterocycles. The molecule has 2 N–H and O–H groups in total. The highest BCUT2D eigenvalue weighted by Crippen LogP contribution is 2.41. The molecule has 1 aliphatic rings. The van der Waals surface area contributed by atoms with E-state index >= 15 is 4.39 Å². The second-order valence-electron chi connectivity index (χ2n) is 6.97. The van der Waals surface area contributed by atoms with Gasteiger partial charge in [-0.25, -0.2) is 9.37 Å². The van der Waals surface area contributed by atoms with Gasteiger partial charge >= 0.3 is 0 Å². The maximum atomic E-state index is 15.6. The van der Waals surface area contributed by atoms with Crippen molar-refractivity contribution in [2.24, 2.45) is 0 Å². The molecular formula is C22H22FN3S. The Balaban J connectivity index is 1.75. The maximum Gasteiger partial charge on any atom is 0.141 e. The number of nitrogens with two attached hydrogens (primary N) is 1. The summed E-state index contributed by atoms with van der Waals surface area (Å²) in [5.74, 6) is 0.610. The Morgan fingerprint density at radius 2 is 1.85 bits per heavy atom. The summed E-state index contributed by atoms with van der Waals surface area (Å²) in [5.41, 5.74) is 9.66. The fourth-order valence-electron chi connectivity index (χ4n) is 3.54. The third kappa shape index (κ3) is 3.69. The average Bonchev–Trinajstić information content (AvgIpc) is 2.65. The number of thioether (sulfide) groups is 1. The van der Waals surface area contributed by atoms with E-state index in [1.54, 1.807) is 11.8 Å². The van der Waals surface area contributed by atoms with Crippen LogP contribution >= 0.6 is 11.8 Å². The van der Waals surface area contributed by atoms with Gasteiger partial charge in [0.15, 0.2) is 0 Å². The van der Waals surface area contributed by atoms with Crippen LogP contribution in [0.25, 0.3) is 11.3 Å². The van der Waals surface area contributed by atoms with Crippen LogP contribution in [-0.4, -0.2) is 16.2 Å². The highest BCUT2D eigenvalue weighted by atomic mass is 32.2. The summed E-state index contributed by atoms with van der Waals surface area (Å²) in [7, 11) is 0. The molecule has 3 aromatic rings. The lowest BCUT2D eigenvalue weighted by Crippen LogP contribution is -2.13. The molecule has 0 aliphatic heterocycles. The van der Waals surface area contributed by atoms with Gasteiger partial charge < -0.3 is 5.73 Å². The number of benzene rings is 2. The molecule has 1 aliphatic carbocycles. The van der Waals surface area contributed by atoms with Gasteiger partial charge in [-0.05, 0) is 59.9 Å². The van der Waals surface area contributed by atoms with Crippen molar-refractivity contribution in [1.82, 2.24) is 9.97 Å². The second-order valence-corrected chi connectivity index (χ2v) is 7.85. The Morgan fingerprint density at radius 1 is 1.07 bits per heavy atom. The largest absolute Gasteiger partial charge is 0.382 e. The van der Waals surface area contributed by atoms with Crippen LogP contribution in [0.3, 0.4) is 0 Å². The summed E-state index contributed by atoms with van der Waals surface area (Å²) in [6.45, 7) is 0. The van der Waals surface area contributed by atoms with Gasteiger partial charge in [-0.15, -0.1) is 11.8 Å². The van der Waals surface area contributed by atoms with Gasteiger partial charge in [0, 0.05) is 16.9 Å². The topological polar surface area (TPSA) is 51.8 Å². The molecule has 1 saturated carbocycles. The lowest BCUT2D eigenvalue weighted by Gasteiger charge is -2.29. The third-order valence-corrected chi connectivity index (χ3v) is 6.06. The lowest BCUT2D eigenvalue weighted by atomic mass is 9.76. The van der Waals surface area contributed by atoms with Crippen molar-refractivity contribution in [2.75, 3.05) is 12.0 Å². The normalized spacial score (nSPS) is 14.1. The Labute approximate surface area is 163 Å². The smallest absolute Gasteiger partial charge is 0.141 e. The van der Waals surface area contributed by atoms with E-state index in [1.165, 1.54) is 23.7 Å². The summed E-state index contributed by atoms with van der Waals surface area (Å²) in [6, 6.07) is 12.3. The summed E-state index contributed by atoms with van der Waals surface area (Å²) >= 11 is 1.71. The highest BCUT2D eigenvalue weighted by molar-refractivity contribution is 7.98. The Kier molecular flexibility index (Phi) is 5.12. The van der Waals surface area contributed by atoms with E-state index in [9.17, 15) is 0 Å². The number of rotatable bonds is 5. The Morgan fingerprint density at radius 3 is 2.44 bits per heavy atom. The standard InChI is InChI=1S/C22H22FN3S/c1-27-16-7-5-14(6-8-16)11-19-17(15-3-2-4-15)9-10-18(22(19)23)20-12-26-21(24)13-25-20/h5-10,12-13,15H,2-4,11H2,1H3,(H2,24,26). The van der Waals surface area contributed by atoms with Crippen LogP contribution in [-0.2, 0) is 6.42 Å². The van der Waals surface area contributed by atoms with Crippen molar-refractivity contribution < 1.29 is 4.39 Å². The number of aromatic nitrogens is 2. The molecule has 3 nitrogen and oxygen atoms in total. The molecule has 0 spiro atoms. The van der Waals surface area contributed by atoms with Crippen molar-refractivity contribution in [3.8, 4) is 11.3 Å². The molecule has 138 valence electrons. The van der Waals surface area contributed by atoms with Gasteiger partial charge in [0.25, 0.3) is 0 Å². The van der Waals surface area contributed by atoms with Crippen LogP contribution in [0.2, 0.25) is 0 Å². The molecule has 4 rings (SSSR count). The van der Waals surface area contributed by atoms with E-state index in [0.717, 1.165) is 29.5 Å². The van der Waals surface area contributed by atoms with Crippen molar-refractivity contribution in [1.29, 1.82) is 0 Å². The quantitative estimate of drug-likeness (QED) is 0.599. The molecule has 0 saturated heterocycles. The molecule has 0 amide bonds. The minimum absolute atomic E-state index is 0.188. The summed E-state index contributed by atoms with van der Waals surface area (Å²) < 4.78 is 15.6. The van der Waals surface area contributed by atoms with Crippen molar-refractivity contribution in [3.05, 3.63) is 71.3 Å². The molecule has 0 bridgehead atoms. The molecule has 0 atom stereocenters. The number of hydrogen-bond donors (Lipinski definition) is 1. The first-order valence-electron chi connectivity index (χ1n) is 9.18. The van der Waals surface area contributed by atoms with E-state index in [1.807, 2.05) is 6.07 Å². The second kappa shape index (κ2) is 7.69. The van der Waals surface area contributed by atoms with Gasteiger partial charge in [0.2, 0.25) is 0 Å². The van der Waals surface area contributed by atoms with Gasteiger partial charge in [-0.2, -0.15) is 0 Å². The maximum absolute atomic E-state index is 15.6. The van der Waals surface area contributed by atoms with Crippen LogP contribution in [0.15, 0.2) is 53.7 Å². The Hall–Kier alpha value is -2.40. The molecule has 0 radical (unpaired) electrons. The van der Waals surface area contributed by atoms with Gasteiger partial charge in [0.1, 0.15) is 11.6 Å². The zero-order valence-electron chi connectivity index (χ0n) is 15.3. The predicted molar refractivity (Wildman–Crippen MR) is 109 cm³/mol. The van der Waals surface area contributed by atoms with Crippen molar-refractivity contribution in [3.63, 3.8) is 0 Å². The molecule has 0 unspecified atom stereocenters. The minimum Gasteiger partial charge on any atom is -0.382 e. The first kappa shape index (κ1) is 18.0. The van der Waals surface area contributed by atoms with E-state index in [4.69, 9.17) is 5.73 Å². The van der Waals surface area contributed by atoms with Gasteiger partial charge in [-0.1, -0.05) is 24.6 Å². The third-order valence-electron chi connectivity index (χ3n) is 5.31. The number of nitrogen functional groups attached to an aromatic ring is 1. The SMILES string of the molecule is CSc1ccc(Cc2c(C3CCC3)ccc(-c3cnc(N)cn3)c2F)cc1. The molecular weight excluding hydrogens is 357 g/mol. The van der Waals surface area contributed by atoms with Crippen LogP contribution in [0.4, 0.5) is 10.2 Å². The number of anilines is 1.